The third kappa shape index (κ3) is 4.58. The largest absolute Gasteiger partial charge is 0.373 e. The molecule has 106 valence electrons. The molecule has 0 aromatic rings. The highest BCUT2D eigenvalue weighted by Gasteiger charge is 2.34. The highest BCUT2D eigenvalue weighted by molar-refractivity contribution is 5.75. The molecule has 0 atom stereocenters. The van der Waals surface area contributed by atoms with Crippen LogP contribution in [0, 0.1) is 5.92 Å². The van der Waals surface area contributed by atoms with Gasteiger partial charge in [0.15, 0.2) is 0 Å². The summed E-state index contributed by atoms with van der Waals surface area (Å²) in [5.41, 5.74) is 5.71. The van der Waals surface area contributed by atoms with Crippen LogP contribution in [0.5, 0.6) is 0 Å². The molecule has 0 saturated heterocycles. The molecule has 18 heavy (non-hydrogen) atoms. The molecule has 1 amide bonds. The smallest absolute Gasteiger partial charge is 0.222 e. The molecule has 0 aromatic carbocycles. The Kier molecular flexibility index (Phi) is 6.65. The molecule has 0 unspecified atom stereocenters. The lowest BCUT2D eigenvalue weighted by Gasteiger charge is -2.39. The number of hydrogen-bond donors (Lipinski definition) is 2. The van der Waals surface area contributed by atoms with E-state index in [0.717, 1.165) is 18.8 Å². The molecule has 1 aliphatic rings. The second kappa shape index (κ2) is 7.74. The summed E-state index contributed by atoms with van der Waals surface area (Å²) >= 11 is 0. The average molecular weight is 256 g/mol. The Hall–Kier alpha value is -0.610. The van der Waals surface area contributed by atoms with Gasteiger partial charge >= 0.3 is 0 Å². The first-order chi connectivity index (χ1) is 8.65. The van der Waals surface area contributed by atoms with Crippen LogP contribution in [-0.4, -0.2) is 31.7 Å². The van der Waals surface area contributed by atoms with Crippen molar-refractivity contribution in [3.63, 3.8) is 0 Å². The second-order valence-electron chi connectivity index (χ2n) is 5.39. The maximum Gasteiger partial charge on any atom is 0.222 e. The monoisotopic (exact) mass is 256 g/mol. The van der Waals surface area contributed by atoms with E-state index in [4.69, 9.17) is 10.5 Å². The highest BCUT2D eigenvalue weighted by atomic mass is 16.5. The molecule has 0 radical (unpaired) electrons. The zero-order valence-corrected chi connectivity index (χ0v) is 11.8. The van der Waals surface area contributed by atoms with Gasteiger partial charge in [0.05, 0.1) is 12.2 Å². The SMILES string of the molecule is CCCC1CCC(CN)(OCCC(=O)NC)CC1. The summed E-state index contributed by atoms with van der Waals surface area (Å²) in [6.07, 6.45) is 7.52. The minimum absolute atomic E-state index is 0.0295. The van der Waals surface area contributed by atoms with Crippen LogP contribution in [0.2, 0.25) is 0 Å². The molecule has 3 N–H and O–H groups in total. The van der Waals surface area contributed by atoms with Gasteiger partial charge in [0, 0.05) is 20.0 Å². The molecular weight excluding hydrogens is 228 g/mol. The van der Waals surface area contributed by atoms with Crippen molar-refractivity contribution in [2.75, 3.05) is 20.2 Å². The van der Waals surface area contributed by atoms with Crippen LogP contribution in [0.3, 0.4) is 0 Å². The van der Waals surface area contributed by atoms with Gasteiger partial charge in [0.1, 0.15) is 0 Å². The highest BCUT2D eigenvalue weighted by Crippen LogP contribution is 2.36. The van der Waals surface area contributed by atoms with E-state index in [9.17, 15) is 4.79 Å². The number of rotatable bonds is 7. The van der Waals surface area contributed by atoms with Crippen LogP contribution in [0.4, 0.5) is 0 Å². The van der Waals surface area contributed by atoms with E-state index in [2.05, 4.69) is 12.2 Å². The molecule has 0 aliphatic heterocycles. The Morgan fingerprint density at radius 1 is 1.44 bits per heavy atom. The van der Waals surface area contributed by atoms with Crippen molar-refractivity contribution >= 4 is 5.91 Å². The normalized spacial score (nSPS) is 28.1. The number of nitrogens with one attached hydrogen (secondary N) is 1. The van der Waals surface area contributed by atoms with Gasteiger partial charge in [-0.1, -0.05) is 19.8 Å². The lowest BCUT2D eigenvalue weighted by atomic mass is 9.77. The summed E-state index contributed by atoms with van der Waals surface area (Å²) in [7, 11) is 1.65. The second-order valence-corrected chi connectivity index (χ2v) is 5.39. The molecular formula is C14H28N2O2. The third-order valence-corrected chi connectivity index (χ3v) is 4.10. The van der Waals surface area contributed by atoms with Crippen LogP contribution in [0.25, 0.3) is 0 Å². The zero-order chi connectivity index (χ0) is 13.4. The molecule has 0 heterocycles. The van der Waals surface area contributed by atoms with Crippen molar-refractivity contribution in [1.29, 1.82) is 0 Å². The van der Waals surface area contributed by atoms with E-state index in [0.29, 0.717) is 19.6 Å². The summed E-state index contributed by atoms with van der Waals surface area (Å²) in [6.45, 7) is 3.29. The van der Waals surface area contributed by atoms with Crippen LogP contribution < -0.4 is 11.1 Å². The fourth-order valence-electron chi connectivity index (χ4n) is 2.79. The summed E-state index contributed by atoms with van der Waals surface area (Å²) in [4.78, 5) is 11.2. The van der Waals surface area contributed by atoms with Crippen molar-refractivity contribution in [2.24, 2.45) is 11.7 Å². The first-order valence-corrected chi connectivity index (χ1v) is 7.20. The maximum atomic E-state index is 11.2. The van der Waals surface area contributed by atoms with Gasteiger partial charge in [-0.2, -0.15) is 0 Å². The quantitative estimate of drug-likeness (QED) is 0.730. The third-order valence-electron chi connectivity index (χ3n) is 4.10. The van der Waals surface area contributed by atoms with Crippen molar-refractivity contribution in [3.8, 4) is 0 Å². The predicted octanol–water partition coefficient (Wildman–Crippen LogP) is 1.83. The van der Waals surface area contributed by atoms with E-state index in [1.54, 1.807) is 7.05 Å². The van der Waals surface area contributed by atoms with Crippen LogP contribution >= 0.6 is 0 Å². The van der Waals surface area contributed by atoms with E-state index < -0.39 is 0 Å². The topological polar surface area (TPSA) is 64.3 Å². The fourth-order valence-corrected chi connectivity index (χ4v) is 2.79. The van der Waals surface area contributed by atoms with Gasteiger partial charge in [-0.15, -0.1) is 0 Å². The minimum Gasteiger partial charge on any atom is -0.373 e. The Morgan fingerprint density at radius 2 is 2.11 bits per heavy atom. The molecule has 1 saturated carbocycles. The summed E-state index contributed by atoms with van der Waals surface area (Å²) < 4.78 is 5.93. The molecule has 4 heteroatoms. The van der Waals surface area contributed by atoms with Gasteiger partial charge in [-0.25, -0.2) is 0 Å². The zero-order valence-electron chi connectivity index (χ0n) is 11.8. The maximum absolute atomic E-state index is 11.2. The van der Waals surface area contributed by atoms with E-state index >= 15 is 0 Å². The first-order valence-electron chi connectivity index (χ1n) is 7.20. The molecule has 1 fully saturated rings. The van der Waals surface area contributed by atoms with Crippen molar-refractivity contribution in [1.82, 2.24) is 5.32 Å². The van der Waals surface area contributed by atoms with Crippen molar-refractivity contribution in [3.05, 3.63) is 0 Å². The van der Waals surface area contributed by atoms with Gasteiger partial charge in [-0.3, -0.25) is 4.79 Å². The van der Waals surface area contributed by atoms with Crippen LogP contribution in [-0.2, 0) is 9.53 Å². The summed E-state index contributed by atoms with van der Waals surface area (Å²) in [5, 5.41) is 2.61. The van der Waals surface area contributed by atoms with Crippen molar-refractivity contribution < 1.29 is 9.53 Å². The molecule has 0 aromatic heterocycles. The van der Waals surface area contributed by atoms with E-state index in [1.807, 2.05) is 0 Å². The number of amides is 1. The van der Waals surface area contributed by atoms with Crippen LogP contribution in [0.1, 0.15) is 51.9 Å². The number of ether oxygens (including phenoxy) is 1. The first kappa shape index (κ1) is 15.4. The number of nitrogens with two attached hydrogens (primary N) is 1. The minimum atomic E-state index is -0.168. The lowest BCUT2D eigenvalue weighted by molar-refractivity contribution is -0.125. The molecule has 0 spiro atoms. The standard InChI is InChI=1S/C14H28N2O2/c1-3-4-12-5-8-14(11-15,9-6-12)18-10-7-13(17)16-2/h12H,3-11,15H2,1-2H3,(H,16,17). The lowest BCUT2D eigenvalue weighted by Crippen LogP contribution is -2.44. The van der Waals surface area contributed by atoms with Gasteiger partial charge in [0.2, 0.25) is 5.91 Å². The Balaban J connectivity index is 2.33. The number of hydrogen-bond acceptors (Lipinski definition) is 3. The average Bonchev–Trinajstić information content (AvgIpc) is 2.41. The molecule has 1 rings (SSSR count). The summed E-state index contributed by atoms with van der Waals surface area (Å²) in [5.74, 6) is 0.874. The number of carbonyl (C=O) groups is 1. The van der Waals surface area contributed by atoms with Crippen molar-refractivity contribution in [2.45, 2.75) is 57.5 Å². The summed E-state index contributed by atoms with van der Waals surface area (Å²) in [6, 6.07) is 0. The Bertz CT molecular complexity index is 248. The van der Waals surface area contributed by atoms with Gasteiger partial charge in [0.25, 0.3) is 0 Å². The predicted molar refractivity (Wildman–Crippen MR) is 73.3 cm³/mol. The fraction of sp³-hybridized carbons (Fsp3) is 0.929. The molecule has 0 bridgehead atoms. The Morgan fingerprint density at radius 3 is 2.61 bits per heavy atom. The molecule has 1 aliphatic carbocycles. The molecule has 4 nitrogen and oxygen atoms in total. The van der Waals surface area contributed by atoms with E-state index in [1.165, 1.54) is 25.7 Å². The van der Waals surface area contributed by atoms with Crippen LogP contribution in [0.15, 0.2) is 0 Å². The van der Waals surface area contributed by atoms with Gasteiger partial charge < -0.3 is 15.8 Å². The van der Waals surface area contributed by atoms with Gasteiger partial charge in [-0.05, 0) is 31.6 Å². The Labute approximate surface area is 111 Å². The number of carbonyl (C=O) groups excluding carboxylic acids is 1. The van der Waals surface area contributed by atoms with E-state index in [-0.39, 0.29) is 11.5 Å².